The van der Waals surface area contributed by atoms with Crippen LogP contribution in [0.25, 0.3) is 0 Å². The van der Waals surface area contributed by atoms with E-state index in [0.717, 1.165) is 31.1 Å². The smallest absolute Gasteiger partial charge is 0.224 e. The molecule has 0 radical (unpaired) electrons. The van der Waals surface area contributed by atoms with Crippen LogP contribution in [-0.4, -0.2) is 46.4 Å². The van der Waals surface area contributed by atoms with Crippen molar-refractivity contribution >= 4 is 5.91 Å². The van der Waals surface area contributed by atoms with Crippen LogP contribution in [-0.2, 0) is 16.8 Å². The summed E-state index contributed by atoms with van der Waals surface area (Å²) in [5, 5.41) is 0. The number of benzene rings is 1. The number of aromatic nitrogens is 1. The van der Waals surface area contributed by atoms with Crippen LogP contribution in [0.2, 0.25) is 0 Å². The van der Waals surface area contributed by atoms with Gasteiger partial charge in [0.15, 0.2) is 0 Å². The Kier molecular flexibility index (Phi) is 4.67. The van der Waals surface area contributed by atoms with Crippen molar-refractivity contribution in [3.63, 3.8) is 0 Å². The van der Waals surface area contributed by atoms with Crippen molar-refractivity contribution in [2.24, 2.45) is 5.92 Å². The maximum absolute atomic E-state index is 13.3. The fourth-order valence-electron chi connectivity index (χ4n) is 5.34. The Bertz CT molecular complexity index is 820. The molecule has 4 nitrogen and oxygen atoms in total. The predicted octanol–water partition coefficient (Wildman–Crippen LogP) is 3.63. The molecule has 28 heavy (non-hydrogen) atoms. The van der Waals surface area contributed by atoms with Crippen molar-refractivity contribution < 1.29 is 4.79 Å². The van der Waals surface area contributed by atoms with Gasteiger partial charge in [0, 0.05) is 37.2 Å². The summed E-state index contributed by atoms with van der Waals surface area (Å²) in [5.41, 5.74) is 2.50. The van der Waals surface area contributed by atoms with Crippen molar-refractivity contribution in [2.75, 3.05) is 19.6 Å². The number of fused-ring (bicyclic) bond motifs is 1. The van der Waals surface area contributed by atoms with Gasteiger partial charge >= 0.3 is 0 Å². The van der Waals surface area contributed by atoms with Crippen molar-refractivity contribution in [1.29, 1.82) is 0 Å². The third-order valence-corrected chi connectivity index (χ3v) is 7.09. The molecule has 1 aromatic carbocycles. The molecule has 146 valence electrons. The Labute approximate surface area is 167 Å². The third kappa shape index (κ3) is 3.35. The van der Waals surface area contributed by atoms with E-state index in [4.69, 9.17) is 0 Å². The monoisotopic (exact) mass is 375 g/mol. The normalized spacial score (nSPS) is 28.2. The minimum Gasteiger partial charge on any atom is -0.337 e. The van der Waals surface area contributed by atoms with E-state index in [1.807, 2.05) is 29.3 Å². The Hall–Kier alpha value is -2.20. The molecule has 2 atom stereocenters. The number of likely N-dealkylation sites (tertiary alicyclic amines) is 2. The summed E-state index contributed by atoms with van der Waals surface area (Å²) in [6.45, 7) is 3.74. The molecule has 3 fully saturated rings. The standard InChI is InChI=1S/C24H29N3O/c28-23-16-22-24(20-6-2-1-3-7-20,11-14-26(22)17-19-9-10-19)12-15-27(23)18-21-8-4-5-13-25-21/h1-8,13,19,22H,9-12,14-18H2/t22-,24+/m0/s1. The van der Waals surface area contributed by atoms with E-state index >= 15 is 0 Å². The summed E-state index contributed by atoms with van der Waals surface area (Å²) in [4.78, 5) is 22.4. The second-order valence-electron chi connectivity index (χ2n) is 8.82. The van der Waals surface area contributed by atoms with Gasteiger partial charge in [-0.15, -0.1) is 0 Å². The van der Waals surface area contributed by atoms with E-state index in [-0.39, 0.29) is 11.3 Å². The number of carbonyl (C=O) groups excluding carboxylic acids is 1. The van der Waals surface area contributed by atoms with E-state index in [0.29, 0.717) is 19.0 Å². The maximum Gasteiger partial charge on any atom is 0.224 e. The summed E-state index contributed by atoms with van der Waals surface area (Å²) in [6.07, 6.45) is 7.38. The van der Waals surface area contributed by atoms with E-state index in [2.05, 4.69) is 40.2 Å². The van der Waals surface area contributed by atoms with E-state index in [1.54, 1.807) is 0 Å². The van der Waals surface area contributed by atoms with Crippen LogP contribution in [0, 0.1) is 5.92 Å². The molecule has 0 spiro atoms. The average molecular weight is 376 g/mol. The van der Waals surface area contributed by atoms with Crippen LogP contribution in [0.1, 0.15) is 43.4 Å². The van der Waals surface area contributed by atoms with Gasteiger partial charge in [-0.25, -0.2) is 0 Å². The third-order valence-electron chi connectivity index (χ3n) is 7.09. The van der Waals surface area contributed by atoms with Gasteiger partial charge in [0.05, 0.1) is 12.2 Å². The second-order valence-corrected chi connectivity index (χ2v) is 8.82. The lowest BCUT2D eigenvalue weighted by atomic mass is 9.71. The summed E-state index contributed by atoms with van der Waals surface area (Å²) in [6, 6.07) is 17.3. The minimum atomic E-state index is 0.102. The molecule has 2 aromatic rings. The van der Waals surface area contributed by atoms with Crippen LogP contribution >= 0.6 is 0 Å². The average Bonchev–Trinajstić information content (AvgIpc) is 3.51. The van der Waals surface area contributed by atoms with Crippen LogP contribution in [0.3, 0.4) is 0 Å². The minimum absolute atomic E-state index is 0.102. The van der Waals surface area contributed by atoms with E-state index in [1.165, 1.54) is 31.4 Å². The second kappa shape index (κ2) is 7.32. The number of pyridine rings is 1. The molecule has 0 bridgehead atoms. The first kappa shape index (κ1) is 17.9. The molecular formula is C24H29N3O. The SMILES string of the molecule is O=C1C[C@@H]2N(CC3CC3)CC[C@]2(c2ccccc2)CCN1Cc1ccccn1. The molecule has 3 heterocycles. The largest absolute Gasteiger partial charge is 0.337 e. The highest BCUT2D eigenvalue weighted by atomic mass is 16.2. The van der Waals surface area contributed by atoms with Gasteiger partial charge in [0.2, 0.25) is 5.91 Å². The summed E-state index contributed by atoms with van der Waals surface area (Å²) >= 11 is 0. The predicted molar refractivity (Wildman–Crippen MR) is 110 cm³/mol. The van der Waals surface area contributed by atoms with Crippen molar-refractivity contribution in [1.82, 2.24) is 14.8 Å². The molecule has 1 saturated carbocycles. The number of hydrogen-bond acceptors (Lipinski definition) is 3. The molecule has 2 saturated heterocycles. The number of rotatable bonds is 5. The van der Waals surface area contributed by atoms with Crippen LogP contribution in [0.15, 0.2) is 54.7 Å². The quantitative estimate of drug-likeness (QED) is 0.801. The fraction of sp³-hybridized carbons (Fsp3) is 0.500. The lowest BCUT2D eigenvalue weighted by Crippen LogP contribution is -2.44. The van der Waals surface area contributed by atoms with Crippen LogP contribution < -0.4 is 0 Å². The Morgan fingerprint density at radius 1 is 1.00 bits per heavy atom. The lowest BCUT2D eigenvalue weighted by molar-refractivity contribution is -0.132. The highest BCUT2D eigenvalue weighted by molar-refractivity contribution is 5.77. The first-order chi connectivity index (χ1) is 13.7. The first-order valence-corrected chi connectivity index (χ1v) is 10.7. The summed E-state index contributed by atoms with van der Waals surface area (Å²) < 4.78 is 0. The number of nitrogens with zero attached hydrogens (tertiary/aromatic N) is 3. The van der Waals surface area contributed by atoms with Gasteiger partial charge in [-0.2, -0.15) is 0 Å². The highest BCUT2D eigenvalue weighted by Gasteiger charge is 2.51. The van der Waals surface area contributed by atoms with Crippen LogP contribution in [0.5, 0.6) is 0 Å². The van der Waals surface area contributed by atoms with Gasteiger partial charge < -0.3 is 4.90 Å². The van der Waals surface area contributed by atoms with E-state index in [9.17, 15) is 4.79 Å². The molecular weight excluding hydrogens is 346 g/mol. The van der Waals surface area contributed by atoms with Gasteiger partial charge in [0.25, 0.3) is 0 Å². The number of hydrogen-bond donors (Lipinski definition) is 0. The molecule has 4 heteroatoms. The Balaban J connectivity index is 1.44. The highest BCUT2D eigenvalue weighted by Crippen LogP contribution is 2.47. The topological polar surface area (TPSA) is 36.4 Å². The Morgan fingerprint density at radius 2 is 1.79 bits per heavy atom. The molecule has 1 aromatic heterocycles. The zero-order chi connectivity index (χ0) is 19.0. The zero-order valence-corrected chi connectivity index (χ0v) is 16.5. The molecule has 5 rings (SSSR count). The molecule has 1 amide bonds. The molecule has 3 aliphatic rings. The van der Waals surface area contributed by atoms with Gasteiger partial charge in [0.1, 0.15) is 0 Å². The fourth-order valence-corrected chi connectivity index (χ4v) is 5.34. The van der Waals surface area contributed by atoms with Gasteiger partial charge in [-0.05, 0) is 55.8 Å². The summed E-state index contributed by atoms with van der Waals surface area (Å²) in [7, 11) is 0. The molecule has 2 aliphatic heterocycles. The number of carbonyl (C=O) groups is 1. The Morgan fingerprint density at radius 3 is 2.54 bits per heavy atom. The first-order valence-electron chi connectivity index (χ1n) is 10.7. The zero-order valence-electron chi connectivity index (χ0n) is 16.5. The number of amides is 1. The molecule has 0 N–H and O–H groups in total. The van der Waals surface area contributed by atoms with Crippen LogP contribution in [0.4, 0.5) is 0 Å². The van der Waals surface area contributed by atoms with Crippen molar-refractivity contribution in [3.05, 3.63) is 66.0 Å². The molecule has 0 unspecified atom stereocenters. The van der Waals surface area contributed by atoms with Gasteiger partial charge in [-0.3, -0.25) is 14.7 Å². The lowest BCUT2D eigenvalue weighted by Gasteiger charge is -2.37. The van der Waals surface area contributed by atoms with Crippen molar-refractivity contribution in [2.45, 2.75) is 50.1 Å². The van der Waals surface area contributed by atoms with E-state index < -0.39 is 0 Å². The molecule has 1 aliphatic carbocycles. The maximum atomic E-state index is 13.3. The van der Waals surface area contributed by atoms with Gasteiger partial charge in [-0.1, -0.05) is 36.4 Å². The summed E-state index contributed by atoms with van der Waals surface area (Å²) in [5.74, 6) is 1.14. The van der Waals surface area contributed by atoms with Crippen molar-refractivity contribution in [3.8, 4) is 0 Å².